The summed E-state index contributed by atoms with van der Waals surface area (Å²) in [5.74, 6) is -0.476. The van der Waals surface area contributed by atoms with Gasteiger partial charge in [-0.2, -0.15) is 0 Å². The zero-order valence-electron chi connectivity index (χ0n) is 8.15. The molecule has 0 spiro atoms. The number of halogens is 2. The molecule has 0 atom stereocenters. The van der Waals surface area contributed by atoms with Crippen molar-refractivity contribution in [3.63, 3.8) is 0 Å². The molecule has 1 rings (SSSR count). The lowest BCUT2D eigenvalue weighted by Gasteiger charge is -2.21. The largest absolute Gasteiger partial charge is 0.269 e. The molecule has 0 fully saturated rings. The Balaban J connectivity index is 3.14. The van der Waals surface area contributed by atoms with E-state index in [0.717, 1.165) is 10.4 Å². The van der Waals surface area contributed by atoms with Crippen LogP contribution in [0, 0.1) is 5.82 Å². The number of anilines is 1. The number of hydrogen-bond donors (Lipinski definition) is 0. The van der Waals surface area contributed by atoms with Gasteiger partial charge >= 0.3 is 0 Å². The van der Waals surface area contributed by atoms with E-state index in [1.165, 1.54) is 18.2 Å². The average Bonchev–Trinajstić information content (AvgIpc) is 2.18. The van der Waals surface area contributed by atoms with Gasteiger partial charge in [0.05, 0.1) is 5.69 Å². The van der Waals surface area contributed by atoms with Gasteiger partial charge in [0, 0.05) is 6.54 Å². The summed E-state index contributed by atoms with van der Waals surface area (Å²) >= 11 is 5.33. The Hall–Kier alpha value is -0.810. The second-order valence-electron chi connectivity index (χ2n) is 2.87. The maximum absolute atomic E-state index is 12.9. The number of benzene rings is 1. The lowest BCUT2D eigenvalue weighted by Crippen LogP contribution is -2.31. The molecule has 0 radical (unpaired) electrons. The van der Waals surface area contributed by atoms with Crippen molar-refractivity contribution >= 4 is 27.3 Å². The molecule has 0 heterocycles. The highest BCUT2D eigenvalue weighted by atomic mass is 35.5. The fourth-order valence-electron chi connectivity index (χ4n) is 1.23. The first-order valence-electron chi connectivity index (χ1n) is 4.33. The molecule has 0 aromatic heterocycles. The zero-order valence-corrected chi connectivity index (χ0v) is 9.72. The van der Waals surface area contributed by atoms with Gasteiger partial charge in [-0.1, -0.05) is 6.07 Å². The van der Waals surface area contributed by atoms with Gasteiger partial charge in [-0.05, 0) is 25.1 Å². The lowest BCUT2D eigenvalue weighted by molar-refractivity contribution is 0.596. The van der Waals surface area contributed by atoms with Crippen molar-refractivity contribution < 1.29 is 12.8 Å². The van der Waals surface area contributed by atoms with E-state index in [0.29, 0.717) is 0 Å². The van der Waals surface area contributed by atoms with E-state index in [1.807, 2.05) is 0 Å². The van der Waals surface area contributed by atoms with E-state index in [1.54, 1.807) is 6.92 Å². The minimum Gasteiger partial charge on any atom is -0.269 e. The highest BCUT2D eigenvalue weighted by molar-refractivity contribution is 7.93. The van der Waals surface area contributed by atoms with E-state index < -0.39 is 21.1 Å². The molecule has 0 unspecified atom stereocenters. The zero-order chi connectivity index (χ0) is 11.5. The van der Waals surface area contributed by atoms with Crippen molar-refractivity contribution in [1.82, 2.24) is 0 Å². The number of hydrogen-bond acceptors (Lipinski definition) is 2. The molecule has 1 aromatic rings. The van der Waals surface area contributed by atoms with Crippen LogP contribution in [0.25, 0.3) is 0 Å². The fourth-order valence-corrected chi connectivity index (χ4v) is 2.53. The second kappa shape index (κ2) is 4.81. The first kappa shape index (κ1) is 12.3. The summed E-state index contributed by atoms with van der Waals surface area (Å²) < 4.78 is 37.0. The summed E-state index contributed by atoms with van der Waals surface area (Å²) in [4.78, 5) is 0. The molecule has 0 aliphatic rings. The topological polar surface area (TPSA) is 37.4 Å². The standard InChI is InChI=1S/C9H11ClFNO2S/c1-2-12(15(13,14)7-10)9-5-3-4-8(11)6-9/h3-6H,2,7H2,1H3. The van der Waals surface area contributed by atoms with Crippen LogP contribution in [0.4, 0.5) is 10.1 Å². The van der Waals surface area contributed by atoms with Gasteiger partial charge in [0.1, 0.15) is 11.0 Å². The van der Waals surface area contributed by atoms with Gasteiger partial charge in [-0.15, -0.1) is 11.6 Å². The summed E-state index contributed by atoms with van der Waals surface area (Å²) in [5.41, 5.74) is 0.290. The maximum Gasteiger partial charge on any atom is 0.249 e. The number of rotatable bonds is 4. The Bertz CT molecular complexity index is 435. The highest BCUT2D eigenvalue weighted by Gasteiger charge is 2.19. The van der Waals surface area contributed by atoms with Crippen LogP contribution in [0.3, 0.4) is 0 Å². The van der Waals surface area contributed by atoms with E-state index in [9.17, 15) is 12.8 Å². The molecule has 3 nitrogen and oxygen atoms in total. The molecule has 15 heavy (non-hydrogen) atoms. The smallest absolute Gasteiger partial charge is 0.249 e. The Morgan fingerprint density at radius 3 is 2.60 bits per heavy atom. The molecule has 0 bridgehead atoms. The number of alkyl halides is 1. The van der Waals surface area contributed by atoms with Gasteiger partial charge in [-0.25, -0.2) is 12.8 Å². The van der Waals surface area contributed by atoms with Crippen LogP contribution in [-0.4, -0.2) is 20.2 Å². The third-order valence-corrected chi connectivity index (χ3v) is 4.10. The minimum atomic E-state index is -3.55. The normalized spacial score (nSPS) is 11.4. The van der Waals surface area contributed by atoms with Crippen molar-refractivity contribution in [2.24, 2.45) is 0 Å². The molecule has 0 aliphatic heterocycles. The number of sulfonamides is 1. The van der Waals surface area contributed by atoms with Crippen LogP contribution in [0.15, 0.2) is 24.3 Å². The summed E-state index contributed by atoms with van der Waals surface area (Å²) in [6.07, 6.45) is 0. The van der Waals surface area contributed by atoms with E-state index in [2.05, 4.69) is 0 Å². The molecule has 0 saturated carbocycles. The maximum atomic E-state index is 12.9. The third kappa shape index (κ3) is 2.82. The number of nitrogens with zero attached hydrogens (tertiary/aromatic N) is 1. The fraction of sp³-hybridized carbons (Fsp3) is 0.333. The summed E-state index contributed by atoms with van der Waals surface area (Å²) in [5, 5.41) is -0.517. The Kier molecular flexibility index (Phi) is 3.93. The second-order valence-corrected chi connectivity index (χ2v) is 5.34. The molecular formula is C9H11ClFNO2S. The molecule has 1 aromatic carbocycles. The summed E-state index contributed by atoms with van der Waals surface area (Å²) in [6.45, 7) is 1.88. The lowest BCUT2D eigenvalue weighted by atomic mass is 10.3. The van der Waals surface area contributed by atoms with Crippen LogP contribution < -0.4 is 4.31 Å². The van der Waals surface area contributed by atoms with Crippen LogP contribution in [-0.2, 0) is 10.0 Å². The molecular weight excluding hydrogens is 241 g/mol. The van der Waals surface area contributed by atoms with Crippen molar-refractivity contribution in [2.75, 3.05) is 16.1 Å². The SMILES string of the molecule is CCN(c1cccc(F)c1)S(=O)(=O)CCl. The average molecular weight is 252 g/mol. The molecule has 84 valence electrons. The van der Waals surface area contributed by atoms with E-state index in [4.69, 9.17) is 11.6 Å². The minimum absolute atomic E-state index is 0.221. The Morgan fingerprint density at radius 2 is 2.13 bits per heavy atom. The van der Waals surface area contributed by atoms with Gasteiger partial charge < -0.3 is 0 Å². The molecule has 0 saturated heterocycles. The third-order valence-electron chi connectivity index (χ3n) is 1.86. The van der Waals surface area contributed by atoms with Crippen molar-refractivity contribution in [3.05, 3.63) is 30.1 Å². The molecule has 0 aliphatic carbocycles. The monoisotopic (exact) mass is 251 g/mol. The molecule has 0 N–H and O–H groups in total. The van der Waals surface area contributed by atoms with Gasteiger partial charge in [0.2, 0.25) is 10.0 Å². The van der Waals surface area contributed by atoms with Crippen molar-refractivity contribution in [3.8, 4) is 0 Å². The van der Waals surface area contributed by atoms with Gasteiger partial charge in [-0.3, -0.25) is 4.31 Å². The predicted molar refractivity (Wildman–Crippen MR) is 59.1 cm³/mol. The summed E-state index contributed by atoms with van der Waals surface area (Å²) in [7, 11) is -3.55. The van der Waals surface area contributed by atoms with E-state index in [-0.39, 0.29) is 12.2 Å². The molecule has 6 heteroatoms. The summed E-state index contributed by atoms with van der Waals surface area (Å²) in [6, 6.07) is 5.39. The van der Waals surface area contributed by atoms with Crippen LogP contribution >= 0.6 is 11.6 Å². The van der Waals surface area contributed by atoms with Crippen LogP contribution in [0.5, 0.6) is 0 Å². The Morgan fingerprint density at radius 1 is 1.47 bits per heavy atom. The van der Waals surface area contributed by atoms with Crippen LogP contribution in [0.2, 0.25) is 0 Å². The van der Waals surface area contributed by atoms with Gasteiger partial charge in [0.25, 0.3) is 0 Å². The highest BCUT2D eigenvalue weighted by Crippen LogP contribution is 2.19. The Labute approximate surface area is 93.5 Å². The van der Waals surface area contributed by atoms with Gasteiger partial charge in [0.15, 0.2) is 0 Å². The first-order valence-corrected chi connectivity index (χ1v) is 6.47. The first-order chi connectivity index (χ1) is 7.01. The van der Waals surface area contributed by atoms with Crippen molar-refractivity contribution in [1.29, 1.82) is 0 Å². The van der Waals surface area contributed by atoms with E-state index >= 15 is 0 Å². The predicted octanol–water partition coefficient (Wildman–Crippen LogP) is 2.18. The van der Waals surface area contributed by atoms with Crippen molar-refractivity contribution in [2.45, 2.75) is 6.92 Å². The molecule has 0 amide bonds. The quantitative estimate of drug-likeness (QED) is 0.770. The van der Waals surface area contributed by atoms with Crippen LogP contribution in [0.1, 0.15) is 6.92 Å².